The van der Waals surface area contributed by atoms with Gasteiger partial charge in [-0.15, -0.1) is 0 Å². The summed E-state index contributed by atoms with van der Waals surface area (Å²) >= 11 is 0. The van der Waals surface area contributed by atoms with Gasteiger partial charge in [0.25, 0.3) is 0 Å². The molecule has 2 saturated heterocycles. The van der Waals surface area contributed by atoms with E-state index in [1.54, 1.807) is 0 Å². The first kappa shape index (κ1) is 23.3. The Morgan fingerprint density at radius 2 is 1.86 bits per heavy atom. The van der Waals surface area contributed by atoms with Gasteiger partial charge >= 0.3 is 0 Å². The number of imidazole rings is 1. The highest BCUT2D eigenvalue weighted by molar-refractivity contribution is 5.82. The van der Waals surface area contributed by atoms with Crippen LogP contribution >= 0.6 is 0 Å². The van der Waals surface area contributed by atoms with Crippen LogP contribution in [0.1, 0.15) is 35.2 Å². The Bertz CT molecular complexity index is 1170. The molecule has 2 bridgehead atoms. The minimum absolute atomic E-state index is 0.0282. The Morgan fingerprint density at radius 3 is 2.66 bits per heavy atom. The predicted molar refractivity (Wildman–Crippen MR) is 132 cm³/mol. The van der Waals surface area contributed by atoms with Crippen molar-refractivity contribution in [1.82, 2.24) is 19.4 Å². The molecule has 0 aliphatic carbocycles. The summed E-state index contributed by atoms with van der Waals surface area (Å²) in [6.45, 7) is 4.27. The third-order valence-corrected chi connectivity index (χ3v) is 7.00. The second kappa shape index (κ2) is 10.9. The third-order valence-electron chi connectivity index (χ3n) is 7.00. The van der Waals surface area contributed by atoms with Crippen LogP contribution in [-0.4, -0.2) is 63.6 Å². The van der Waals surface area contributed by atoms with Crippen LogP contribution in [0, 0.1) is 11.3 Å². The maximum Gasteiger partial charge on any atom is 0.240 e. The summed E-state index contributed by atoms with van der Waals surface area (Å²) in [5, 5.41) is 9.03. The van der Waals surface area contributed by atoms with Crippen molar-refractivity contribution >= 4 is 5.91 Å². The van der Waals surface area contributed by atoms with Gasteiger partial charge in [0.1, 0.15) is 0 Å². The zero-order chi connectivity index (χ0) is 24.0. The van der Waals surface area contributed by atoms with Gasteiger partial charge in [0.15, 0.2) is 0 Å². The zero-order valence-corrected chi connectivity index (χ0v) is 19.9. The summed E-state index contributed by atoms with van der Waals surface area (Å²) in [6.07, 6.45) is 6.27. The van der Waals surface area contributed by atoms with Gasteiger partial charge in [0.05, 0.1) is 35.8 Å². The van der Waals surface area contributed by atoms with Crippen molar-refractivity contribution in [2.75, 3.05) is 26.2 Å². The third kappa shape index (κ3) is 5.61. The van der Waals surface area contributed by atoms with E-state index in [1.165, 1.54) is 5.56 Å². The Balaban J connectivity index is 1.25. The number of nitrogens with zero attached hydrogens (tertiary/aromatic N) is 5. The fourth-order valence-corrected chi connectivity index (χ4v) is 5.10. The van der Waals surface area contributed by atoms with Gasteiger partial charge in [0, 0.05) is 51.9 Å². The summed E-state index contributed by atoms with van der Waals surface area (Å²) in [7, 11) is 0. The van der Waals surface area contributed by atoms with Crippen LogP contribution in [0.5, 0.6) is 0 Å². The van der Waals surface area contributed by atoms with E-state index in [-0.39, 0.29) is 18.1 Å². The molecule has 3 aromatic rings. The number of aromatic nitrogens is 2. The Kier molecular flexibility index (Phi) is 7.22. The number of carbonyl (C=O) groups is 1. The SMILES string of the molecule is N#Cc1ccc(Cn2cncc2CN2CCN3CC(Cc4ccccc4)OCCCC2C3=O)cc1. The van der Waals surface area contributed by atoms with Crippen LogP contribution in [-0.2, 0) is 29.0 Å². The smallest absolute Gasteiger partial charge is 0.240 e. The Labute approximate surface area is 206 Å². The first-order valence-electron chi connectivity index (χ1n) is 12.4. The number of carbonyl (C=O) groups excluding carboxylic acids is 1. The monoisotopic (exact) mass is 469 g/mol. The molecule has 2 atom stereocenters. The number of amides is 1. The van der Waals surface area contributed by atoms with Gasteiger partial charge in [-0.3, -0.25) is 9.69 Å². The molecule has 3 heterocycles. The number of hydrogen-bond acceptors (Lipinski definition) is 5. The molecule has 1 amide bonds. The van der Waals surface area contributed by atoms with Crippen LogP contribution in [0.2, 0.25) is 0 Å². The van der Waals surface area contributed by atoms with Crippen molar-refractivity contribution in [2.45, 2.75) is 44.5 Å². The van der Waals surface area contributed by atoms with Gasteiger partial charge in [-0.2, -0.15) is 5.26 Å². The molecule has 0 radical (unpaired) electrons. The second-order valence-electron chi connectivity index (χ2n) is 9.42. The fourth-order valence-electron chi connectivity index (χ4n) is 5.10. The lowest BCUT2D eigenvalue weighted by molar-refractivity contribution is -0.143. The van der Waals surface area contributed by atoms with E-state index >= 15 is 0 Å². The topological polar surface area (TPSA) is 74.4 Å². The van der Waals surface area contributed by atoms with Crippen LogP contribution in [0.4, 0.5) is 0 Å². The molecule has 0 spiro atoms. The van der Waals surface area contributed by atoms with Gasteiger partial charge < -0.3 is 14.2 Å². The summed E-state index contributed by atoms with van der Waals surface area (Å²) in [5.74, 6) is 0.220. The number of nitriles is 1. The maximum atomic E-state index is 13.5. The van der Waals surface area contributed by atoms with Gasteiger partial charge in [-0.05, 0) is 36.1 Å². The molecule has 35 heavy (non-hydrogen) atoms. The maximum absolute atomic E-state index is 13.5. The number of benzene rings is 2. The molecule has 7 nitrogen and oxygen atoms in total. The van der Waals surface area contributed by atoms with Crippen molar-refractivity contribution in [3.05, 3.63) is 89.5 Å². The largest absolute Gasteiger partial charge is 0.376 e. The average molecular weight is 470 g/mol. The lowest BCUT2D eigenvalue weighted by atomic mass is 10.0. The molecular formula is C28H31N5O2. The van der Waals surface area contributed by atoms with Gasteiger partial charge in [-0.1, -0.05) is 42.5 Å². The van der Waals surface area contributed by atoms with E-state index in [9.17, 15) is 4.79 Å². The first-order valence-corrected chi connectivity index (χ1v) is 12.4. The molecule has 2 aliphatic heterocycles. The molecule has 180 valence electrons. The molecule has 0 saturated carbocycles. The molecule has 5 rings (SSSR count). The van der Waals surface area contributed by atoms with E-state index in [4.69, 9.17) is 10.00 Å². The van der Waals surface area contributed by atoms with Crippen molar-refractivity contribution in [3.8, 4) is 6.07 Å². The molecule has 0 N–H and O–H groups in total. The van der Waals surface area contributed by atoms with Gasteiger partial charge in [-0.25, -0.2) is 4.98 Å². The average Bonchev–Trinajstić information content (AvgIpc) is 3.32. The lowest BCUT2D eigenvalue weighted by Crippen LogP contribution is -2.57. The Hall–Kier alpha value is -3.47. The molecule has 2 fully saturated rings. The number of piperazine rings is 1. The van der Waals surface area contributed by atoms with Crippen molar-refractivity contribution in [3.63, 3.8) is 0 Å². The molecule has 1 aromatic heterocycles. The van der Waals surface area contributed by atoms with Crippen LogP contribution in [0.3, 0.4) is 0 Å². The standard InChI is InChI=1S/C28H31N5O2/c29-16-23-8-10-24(11-9-23)18-33-21-30-17-25(33)19-31-12-13-32-20-26(15-22-5-2-1-3-6-22)35-14-4-7-27(31)28(32)34/h1-3,5-6,8-11,17,21,26-27H,4,7,12-15,18-20H2. The number of rotatable bonds is 6. The lowest BCUT2D eigenvalue weighted by Gasteiger charge is -2.41. The summed E-state index contributed by atoms with van der Waals surface area (Å²) < 4.78 is 8.35. The van der Waals surface area contributed by atoms with Crippen LogP contribution in [0.25, 0.3) is 0 Å². The summed E-state index contributed by atoms with van der Waals surface area (Å²) in [5.41, 5.74) is 4.11. The molecule has 2 aromatic carbocycles. The van der Waals surface area contributed by atoms with Crippen LogP contribution < -0.4 is 0 Å². The highest BCUT2D eigenvalue weighted by atomic mass is 16.5. The van der Waals surface area contributed by atoms with E-state index in [1.807, 2.05) is 47.8 Å². The molecular weight excluding hydrogens is 438 g/mol. The minimum Gasteiger partial charge on any atom is -0.376 e. The summed E-state index contributed by atoms with van der Waals surface area (Å²) in [4.78, 5) is 22.2. The highest BCUT2D eigenvalue weighted by Crippen LogP contribution is 2.23. The highest BCUT2D eigenvalue weighted by Gasteiger charge is 2.36. The molecule has 2 unspecified atom stereocenters. The first-order chi connectivity index (χ1) is 17.2. The molecule has 7 heteroatoms. The van der Waals surface area contributed by atoms with E-state index in [0.29, 0.717) is 38.3 Å². The predicted octanol–water partition coefficient (Wildman–Crippen LogP) is 3.24. The number of hydrogen-bond donors (Lipinski definition) is 0. The van der Waals surface area contributed by atoms with Crippen LogP contribution in [0.15, 0.2) is 67.1 Å². The van der Waals surface area contributed by atoms with E-state index in [2.05, 4.69) is 44.8 Å². The second-order valence-corrected chi connectivity index (χ2v) is 9.42. The van der Waals surface area contributed by atoms with Crippen molar-refractivity contribution < 1.29 is 9.53 Å². The van der Waals surface area contributed by atoms with Crippen molar-refractivity contribution in [2.24, 2.45) is 0 Å². The number of fused-ring (bicyclic) bond motifs is 2. The Morgan fingerprint density at radius 1 is 1.03 bits per heavy atom. The number of ether oxygens (including phenoxy) is 1. The zero-order valence-electron chi connectivity index (χ0n) is 19.9. The minimum atomic E-state index is -0.124. The summed E-state index contributed by atoms with van der Waals surface area (Å²) in [6, 6.07) is 20.1. The van der Waals surface area contributed by atoms with E-state index < -0.39 is 0 Å². The normalized spacial score (nSPS) is 21.1. The molecule has 2 aliphatic rings. The van der Waals surface area contributed by atoms with E-state index in [0.717, 1.165) is 37.1 Å². The van der Waals surface area contributed by atoms with Gasteiger partial charge in [0.2, 0.25) is 5.91 Å². The fraction of sp³-hybridized carbons (Fsp3) is 0.393. The van der Waals surface area contributed by atoms with Crippen molar-refractivity contribution in [1.29, 1.82) is 5.26 Å². The quantitative estimate of drug-likeness (QED) is 0.554.